The van der Waals surface area contributed by atoms with Gasteiger partial charge in [-0.15, -0.1) is 22.7 Å². The minimum absolute atomic E-state index is 0.429. The highest BCUT2D eigenvalue weighted by Gasteiger charge is 2.27. The summed E-state index contributed by atoms with van der Waals surface area (Å²) in [5.74, 6) is 3.47. The number of fused-ring (bicyclic) bond motifs is 2. The quantitative estimate of drug-likeness (QED) is 0.113. The lowest BCUT2D eigenvalue weighted by Gasteiger charge is -2.33. The van der Waals surface area contributed by atoms with E-state index in [9.17, 15) is 0 Å². The van der Waals surface area contributed by atoms with Gasteiger partial charge in [0, 0.05) is 80.9 Å². The van der Waals surface area contributed by atoms with Crippen molar-refractivity contribution in [3.8, 4) is 22.3 Å². The van der Waals surface area contributed by atoms with Gasteiger partial charge in [0.15, 0.2) is 0 Å². The van der Waals surface area contributed by atoms with E-state index in [2.05, 4.69) is 122 Å². The molecule has 0 spiro atoms. The number of likely N-dealkylation sites (N-methyl/N-ethyl adjacent to an activating group) is 2. The van der Waals surface area contributed by atoms with Crippen LogP contribution in [0.4, 0.5) is 11.6 Å². The molecular weight excluding hydrogens is 749 g/mol. The molecule has 6 aromatic rings. The Kier molecular flexibility index (Phi) is 13.4. The molecule has 0 amide bonds. The van der Waals surface area contributed by atoms with E-state index in [1.807, 2.05) is 0 Å². The van der Waals surface area contributed by atoms with Crippen molar-refractivity contribution in [2.45, 2.75) is 38.2 Å². The van der Waals surface area contributed by atoms with Gasteiger partial charge in [0.2, 0.25) is 0 Å². The lowest BCUT2D eigenvalue weighted by molar-refractivity contribution is 0.0305. The van der Waals surface area contributed by atoms with Crippen molar-refractivity contribution in [1.82, 2.24) is 29.7 Å². The number of ether oxygens (including phenoxy) is 2. The normalized spacial score (nSPS) is 18.5. The van der Waals surface area contributed by atoms with Crippen molar-refractivity contribution in [2.24, 2.45) is 11.8 Å². The Hall–Kier alpha value is -4.04. The summed E-state index contributed by atoms with van der Waals surface area (Å²) < 4.78 is 12.1. The van der Waals surface area contributed by atoms with E-state index in [1.54, 1.807) is 35.3 Å². The number of rotatable bonds is 12. The molecule has 1 atom stereocenters. The molecule has 3 aliphatic rings. The molecule has 57 heavy (non-hydrogen) atoms. The topological polar surface area (TPSA) is 83.0 Å². The number of piperidine rings is 2. The molecule has 0 saturated carbocycles. The SMILES string of the molecule is CN(C)CCOCC1CCN(c2ncnc3scc(-c4ccccc4)c23)CC1.CN1CCC(OCC2CCN(c3ncnc4scc(-c5ccccc5)c34)CC2)C1. The van der Waals surface area contributed by atoms with E-state index < -0.39 is 0 Å². The molecule has 10 nitrogen and oxygen atoms in total. The molecule has 2 aromatic carbocycles. The molecule has 0 radical (unpaired) electrons. The molecule has 7 heterocycles. The summed E-state index contributed by atoms with van der Waals surface area (Å²) in [7, 11) is 6.34. The Bertz CT molecular complexity index is 2150. The van der Waals surface area contributed by atoms with Crippen molar-refractivity contribution >= 4 is 54.7 Å². The molecule has 3 saturated heterocycles. The highest BCUT2D eigenvalue weighted by Crippen LogP contribution is 2.40. The molecule has 0 bridgehead atoms. The molecule has 3 aliphatic heterocycles. The van der Waals surface area contributed by atoms with Gasteiger partial charge in [0.05, 0.1) is 23.5 Å². The molecule has 4 aromatic heterocycles. The van der Waals surface area contributed by atoms with Gasteiger partial charge in [-0.2, -0.15) is 0 Å². The predicted molar refractivity (Wildman–Crippen MR) is 237 cm³/mol. The molecule has 0 aliphatic carbocycles. The summed E-state index contributed by atoms with van der Waals surface area (Å²) in [6, 6.07) is 21.1. The minimum Gasteiger partial charge on any atom is -0.380 e. The largest absolute Gasteiger partial charge is 0.380 e. The van der Waals surface area contributed by atoms with Crippen LogP contribution in [0, 0.1) is 11.8 Å². The predicted octanol–water partition coefficient (Wildman–Crippen LogP) is 8.45. The van der Waals surface area contributed by atoms with Gasteiger partial charge in [-0.3, -0.25) is 0 Å². The second kappa shape index (κ2) is 19.1. The van der Waals surface area contributed by atoms with E-state index in [0.717, 1.165) is 99.8 Å². The number of likely N-dealkylation sites (tertiary alicyclic amines) is 1. The van der Waals surface area contributed by atoms with E-state index in [4.69, 9.17) is 19.4 Å². The van der Waals surface area contributed by atoms with Gasteiger partial charge in [-0.1, -0.05) is 60.7 Å². The Morgan fingerprint density at radius 3 is 1.63 bits per heavy atom. The number of hydrogen-bond donors (Lipinski definition) is 0. The molecular formula is C45H56N8O2S2. The maximum atomic E-state index is 6.20. The van der Waals surface area contributed by atoms with Crippen molar-refractivity contribution in [1.29, 1.82) is 0 Å². The van der Waals surface area contributed by atoms with Crippen molar-refractivity contribution < 1.29 is 9.47 Å². The second-order valence-electron chi connectivity index (χ2n) is 16.0. The highest BCUT2D eigenvalue weighted by atomic mass is 32.1. The fraction of sp³-hybridized carbons (Fsp3) is 0.467. The van der Waals surface area contributed by atoms with Crippen LogP contribution in [0.1, 0.15) is 32.1 Å². The third kappa shape index (κ3) is 9.81. The maximum Gasteiger partial charge on any atom is 0.141 e. The number of benzene rings is 2. The smallest absolute Gasteiger partial charge is 0.141 e. The molecule has 300 valence electrons. The molecule has 9 rings (SSSR count). The van der Waals surface area contributed by atoms with Crippen molar-refractivity contribution in [3.63, 3.8) is 0 Å². The number of anilines is 2. The maximum absolute atomic E-state index is 6.20. The van der Waals surface area contributed by atoms with Gasteiger partial charge in [-0.25, -0.2) is 19.9 Å². The number of aromatic nitrogens is 4. The first-order valence-electron chi connectivity index (χ1n) is 20.6. The zero-order chi connectivity index (χ0) is 39.0. The fourth-order valence-electron chi connectivity index (χ4n) is 8.28. The average Bonchev–Trinajstić information content (AvgIpc) is 4.01. The molecule has 12 heteroatoms. The van der Waals surface area contributed by atoms with Crippen LogP contribution in [-0.2, 0) is 9.47 Å². The molecule has 0 N–H and O–H groups in total. The average molecular weight is 805 g/mol. The second-order valence-corrected chi connectivity index (χ2v) is 17.7. The van der Waals surface area contributed by atoms with Crippen LogP contribution in [0.2, 0.25) is 0 Å². The zero-order valence-electron chi connectivity index (χ0n) is 33.6. The van der Waals surface area contributed by atoms with E-state index in [1.165, 1.54) is 52.3 Å². The summed E-state index contributed by atoms with van der Waals surface area (Å²) in [6.45, 7) is 9.94. The fourth-order valence-corrected chi connectivity index (χ4v) is 10.1. The monoisotopic (exact) mass is 804 g/mol. The van der Waals surface area contributed by atoms with Gasteiger partial charge < -0.3 is 29.1 Å². The van der Waals surface area contributed by atoms with Crippen LogP contribution in [0.25, 0.3) is 42.7 Å². The zero-order valence-corrected chi connectivity index (χ0v) is 35.3. The number of nitrogens with zero attached hydrogens (tertiary/aromatic N) is 8. The summed E-state index contributed by atoms with van der Waals surface area (Å²) in [6.07, 6.45) is 9.66. The third-order valence-electron chi connectivity index (χ3n) is 11.7. The van der Waals surface area contributed by atoms with Crippen molar-refractivity contribution in [3.05, 3.63) is 84.1 Å². The van der Waals surface area contributed by atoms with E-state index in [-0.39, 0.29) is 0 Å². The van der Waals surface area contributed by atoms with Gasteiger partial charge in [0.25, 0.3) is 0 Å². The highest BCUT2D eigenvalue weighted by molar-refractivity contribution is 7.17. The Balaban J connectivity index is 0.000000160. The lowest BCUT2D eigenvalue weighted by atomic mass is 9.97. The van der Waals surface area contributed by atoms with Crippen LogP contribution in [0.15, 0.2) is 84.1 Å². The Morgan fingerprint density at radius 1 is 0.649 bits per heavy atom. The van der Waals surface area contributed by atoms with Gasteiger partial charge in [0.1, 0.15) is 34.0 Å². The van der Waals surface area contributed by atoms with Crippen LogP contribution in [0.3, 0.4) is 0 Å². The van der Waals surface area contributed by atoms with Gasteiger partial charge in [-0.05, 0) is 76.2 Å². The van der Waals surface area contributed by atoms with Gasteiger partial charge >= 0.3 is 0 Å². The standard InChI is InChI=1S/C23H28N4OS.C22H28N4OS/c1-26-10-9-19(13-26)28-14-17-7-11-27(12-8-17)22-21-20(18-5-3-2-4-6-18)15-29-23(21)25-16-24-22;1-25(2)12-13-27-14-17-8-10-26(11-9-17)21-20-19(18-6-4-3-5-7-18)15-28-22(20)24-16-23-21/h2-6,15-17,19H,7-14H2,1H3;3-7,15-17H,8-14H2,1-2H3. The number of hydrogen-bond acceptors (Lipinski definition) is 12. The molecule has 3 fully saturated rings. The van der Waals surface area contributed by atoms with E-state index in [0.29, 0.717) is 17.9 Å². The first-order valence-corrected chi connectivity index (χ1v) is 22.3. The minimum atomic E-state index is 0.429. The Labute approximate surface area is 345 Å². The van der Waals surface area contributed by atoms with Crippen LogP contribution in [-0.4, -0.2) is 123 Å². The lowest BCUT2D eigenvalue weighted by Crippen LogP contribution is -2.36. The molecule has 1 unspecified atom stereocenters. The van der Waals surface area contributed by atoms with E-state index >= 15 is 0 Å². The van der Waals surface area contributed by atoms with Crippen LogP contribution in [0.5, 0.6) is 0 Å². The number of thiophene rings is 2. The summed E-state index contributed by atoms with van der Waals surface area (Å²) >= 11 is 3.41. The summed E-state index contributed by atoms with van der Waals surface area (Å²) in [5, 5.41) is 6.83. The first kappa shape index (κ1) is 39.8. The van der Waals surface area contributed by atoms with Crippen molar-refractivity contribution in [2.75, 3.05) is 96.6 Å². The Morgan fingerprint density at radius 2 is 1.16 bits per heavy atom. The first-order chi connectivity index (χ1) is 28.0. The summed E-state index contributed by atoms with van der Waals surface area (Å²) in [5.41, 5.74) is 4.95. The van der Waals surface area contributed by atoms with Crippen LogP contribution < -0.4 is 9.80 Å². The summed E-state index contributed by atoms with van der Waals surface area (Å²) in [4.78, 5) is 30.0. The third-order valence-corrected chi connectivity index (χ3v) is 13.4. The van der Waals surface area contributed by atoms with Crippen LogP contribution >= 0.6 is 22.7 Å².